The SMILES string of the molecule is CNS(=O)(=O)N1CC[C@@H](NS(=O)(=O)c2c(F)c(C(=O)Nc3cc(F)c(F)c(F)c3)n3c2CCC3)C1. The predicted octanol–water partition coefficient (Wildman–Crippen LogP) is 1.06. The van der Waals surface area contributed by atoms with Crippen molar-refractivity contribution < 1.29 is 39.2 Å². The average Bonchev–Trinajstić information content (AvgIpc) is 3.47. The summed E-state index contributed by atoms with van der Waals surface area (Å²) in [6.45, 7) is -0.00541. The van der Waals surface area contributed by atoms with Crippen molar-refractivity contribution in [2.75, 3.05) is 25.5 Å². The van der Waals surface area contributed by atoms with E-state index in [9.17, 15) is 34.8 Å². The zero-order valence-corrected chi connectivity index (χ0v) is 19.9. The summed E-state index contributed by atoms with van der Waals surface area (Å²) in [5.74, 6) is -7.42. The number of hydrogen-bond acceptors (Lipinski definition) is 5. The maximum atomic E-state index is 15.4. The highest BCUT2D eigenvalue weighted by atomic mass is 32.2. The van der Waals surface area contributed by atoms with E-state index < -0.39 is 71.7 Å². The highest BCUT2D eigenvalue weighted by molar-refractivity contribution is 7.89. The first kappa shape index (κ1) is 25.6. The predicted molar refractivity (Wildman–Crippen MR) is 115 cm³/mol. The van der Waals surface area contributed by atoms with Crippen molar-refractivity contribution in [1.82, 2.24) is 18.3 Å². The molecule has 4 rings (SSSR count). The number of aromatic nitrogens is 1. The van der Waals surface area contributed by atoms with Gasteiger partial charge in [-0.1, -0.05) is 0 Å². The molecule has 0 spiro atoms. The fraction of sp³-hybridized carbons (Fsp3) is 0.421. The minimum Gasteiger partial charge on any atom is -0.337 e. The zero-order valence-electron chi connectivity index (χ0n) is 18.2. The summed E-state index contributed by atoms with van der Waals surface area (Å²) in [5.41, 5.74) is -1.11. The molecular formula is C19H21F4N5O5S2. The smallest absolute Gasteiger partial charge is 0.279 e. The molecule has 10 nitrogen and oxygen atoms in total. The fourth-order valence-electron chi connectivity index (χ4n) is 4.27. The number of rotatable bonds is 7. The van der Waals surface area contributed by atoms with Crippen molar-refractivity contribution in [3.63, 3.8) is 0 Å². The summed E-state index contributed by atoms with van der Waals surface area (Å²) in [4.78, 5) is 12.0. The minimum atomic E-state index is -4.52. The molecule has 0 unspecified atom stereocenters. The number of anilines is 1. The standard InChI is InChI=1S/C19H21F4N5O5S2/c1-24-35(32,33)27-6-4-10(9-27)26-34(30,31)18-14-3-2-5-28(14)17(16(18)23)19(29)25-11-7-12(20)15(22)13(21)8-11/h7-8,10,24,26H,2-6,9H2,1H3,(H,25,29)/t10-/m1/s1. The number of fused-ring (bicyclic) bond motifs is 1. The summed E-state index contributed by atoms with van der Waals surface area (Å²) >= 11 is 0. The number of halogens is 4. The second-order valence-electron chi connectivity index (χ2n) is 8.08. The maximum absolute atomic E-state index is 15.4. The molecule has 1 amide bonds. The van der Waals surface area contributed by atoms with Crippen LogP contribution in [-0.2, 0) is 33.2 Å². The Labute approximate surface area is 198 Å². The lowest BCUT2D eigenvalue weighted by Gasteiger charge is -2.16. The van der Waals surface area contributed by atoms with Crippen LogP contribution in [0, 0.1) is 23.3 Å². The quantitative estimate of drug-likeness (QED) is 0.358. The van der Waals surface area contributed by atoms with Crippen LogP contribution in [0.4, 0.5) is 23.2 Å². The minimum absolute atomic E-state index is 0.0364. The molecule has 2 aliphatic heterocycles. The van der Waals surface area contributed by atoms with Gasteiger partial charge in [0.2, 0.25) is 10.0 Å². The summed E-state index contributed by atoms with van der Waals surface area (Å²) in [5, 5.41) is 2.06. The first-order valence-electron chi connectivity index (χ1n) is 10.4. The Morgan fingerprint density at radius 2 is 1.69 bits per heavy atom. The molecule has 16 heteroatoms. The second-order valence-corrected chi connectivity index (χ2v) is 11.6. The highest BCUT2D eigenvalue weighted by Crippen LogP contribution is 2.33. The van der Waals surface area contributed by atoms with E-state index in [4.69, 9.17) is 0 Å². The maximum Gasteiger partial charge on any atom is 0.279 e. The lowest BCUT2D eigenvalue weighted by molar-refractivity contribution is 0.101. The molecule has 192 valence electrons. The third-order valence-electron chi connectivity index (χ3n) is 5.86. The molecule has 2 aliphatic rings. The Hall–Kier alpha value is -2.53. The van der Waals surface area contributed by atoms with E-state index in [-0.39, 0.29) is 38.2 Å². The largest absolute Gasteiger partial charge is 0.337 e. The lowest BCUT2D eigenvalue weighted by atomic mass is 10.2. The van der Waals surface area contributed by atoms with Crippen molar-refractivity contribution in [2.24, 2.45) is 0 Å². The molecule has 1 fully saturated rings. The summed E-state index contributed by atoms with van der Waals surface area (Å²) < 4.78 is 112. The molecule has 1 aromatic carbocycles. The van der Waals surface area contributed by atoms with Crippen LogP contribution < -0.4 is 14.8 Å². The third-order valence-corrected chi connectivity index (χ3v) is 8.98. The van der Waals surface area contributed by atoms with E-state index in [0.29, 0.717) is 18.6 Å². The van der Waals surface area contributed by atoms with Crippen LogP contribution in [0.15, 0.2) is 17.0 Å². The van der Waals surface area contributed by atoms with Gasteiger partial charge >= 0.3 is 0 Å². The van der Waals surface area contributed by atoms with Crippen molar-refractivity contribution in [3.8, 4) is 0 Å². The van der Waals surface area contributed by atoms with Crippen molar-refractivity contribution in [3.05, 3.63) is 46.8 Å². The lowest BCUT2D eigenvalue weighted by Crippen LogP contribution is -2.41. The molecule has 1 saturated heterocycles. The fourth-order valence-corrected chi connectivity index (χ4v) is 6.86. The third kappa shape index (κ3) is 4.67. The first-order chi connectivity index (χ1) is 16.4. The highest BCUT2D eigenvalue weighted by Gasteiger charge is 2.39. The average molecular weight is 540 g/mol. The van der Waals surface area contributed by atoms with E-state index in [0.717, 1.165) is 4.31 Å². The van der Waals surface area contributed by atoms with Crippen LogP contribution in [0.5, 0.6) is 0 Å². The van der Waals surface area contributed by atoms with Crippen LogP contribution in [0.3, 0.4) is 0 Å². The van der Waals surface area contributed by atoms with Crippen LogP contribution in [0.25, 0.3) is 0 Å². The van der Waals surface area contributed by atoms with E-state index in [1.165, 1.54) is 11.6 Å². The van der Waals surface area contributed by atoms with Gasteiger partial charge in [0.05, 0.1) is 0 Å². The van der Waals surface area contributed by atoms with Gasteiger partial charge in [-0.05, 0) is 19.3 Å². The number of benzene rings is 1. The van der Waals surface area contributed by atoms with E-state index in [2.05, 4.69) is 14.8 Å². The normalized spacial score (nSPS) is 18.7. The summed E-state index contributed by atoms with van der Waals surface area (Å²) in [6.07, 6.45) is 0.702. The Morgan fingerprint density at radius 3 is 2.31 bits per heavy atom. The second kappa shape index (κ2) is 9.16. The van der Waals surface area contributed by atoms with Gasteiger partial charge in [0.15, 0.2) is 23.3 Å². The van der Waals surface area contributed by atoms with E-state index in [1.807, 2.05) is 0 Å². The van der Waals surface area contributed by atoms with Gasteiger partial charge in [0, 0.05) is 56.2 Å². The van der Waals surface area contributed by atoms with Crippen LogP contribution in [0.2, 0.25) is 0 Å². The number of carbonyl (C=O) groups excluding carboxylic acids is 1. The number of nitrogens with zero attached hydrogens (tertiary/aromatic N) is 2. The molecule has 35 heavy (non-hydrogen) atoms. The number of amides is 1. The first-order valence-corrected chi connectivity index (χ1v) is 13.4. The molecule has 1 atom stereocenters. The van der Waals surface area contributed by atoms with Gasteiger partial charge in [-0.3, -0.25) is 4.79 Å². The van der Waals surface area contributed by atoms with Crippen LogP contribution >= 0.6 is 0 Å². The van der Waals surface area contributed by atoms with Gasteiger partial charge in [-0.2, -0.15) is 12.7 Å². The monoisotopic (exact) mass is 539 g/mol. The molecule has 1 aromatic heterocycles. The Balaban J connectivity index is 1.62. The molecule has 0 aliphatic carbocycles. The molecule has 0 saturated carbocycles. The molecule has 0 radical (unpaired) electrons. The Bertz CT molecular complexity index is 1390. The number of carbonyl (C=O) groups is 1. The Morgan fingerprint density at radius 1 is 1.03 bits per heavy atom. The molecule has 2 aromatic rings. The van der Waals surface area contributed by atoms with Crippen molar-refractivity contribution in [1.29, 1.82) is 0 Å². The molecular weight excluding hydrogens is 518 g/mol. The summed E-state index contributed by atoms with van der Waals surface area (Å²) in [6, 6.07) is 0.181. The number of hydrogen-bond donors (Lipinski definition) is 3. The molecule has 0 bridgehead atoms. The van der Waals surface area contributed by atoms with Gasteiger partial charge in [-0.25, -0.2) is 35.4 Å². The number of sulfonamides is 1. The van der Waals surface area contributed by atoms with E-state index >= 15 is 4.39 Å². The number of nitrogens with one attached hydrogen (secondary N) is 3. The van der Waals surface area contributed by atoms with Crippen LogP contribution in [-0.4, -0.2) is 57.8 Å². The van der Waals surface area contributed by atoms with Gasteiger partial charge in [0.1, 0.15) is 10.6 Å². The summed E-state index contributed by atoms with van der Waals surface area (Å²) in [7, 11) is -7.07. The van der Waals surface area contributed by atoms with Gasteiger partial charge in [-0.15, -0.1) is 0 Å². The van der Waals surface area contributed by atoms with Gasteiger partial charge < -0.3 is 9.88 Å². The van der Waals surface area contributed by atoms with Crippen LogP contribution in [0.1, 0.15) is 29.0 Å². The van der Waals surface area contributed by atoms with Gasteiger partial charge in [0.25, 0.3) is 16.1 Å². The molecule has 3 N–H and O–H groups in total. The van der Waals surface area contributed by atoms with Crippen molar-refractivity contribution in [2.45, 2.75) is 36.7 Å². The molecule has 3 heterocycles. The zero-order chi connectivity index (χ0) is 25.7. The van der Waals surface area contributed by atoms with E-state index in [1.54, 1.807) is 0 Å². The topological polar surface area (TPSA) is 130 Å². The Kier molecular flexibility index (Phi) is 6.69. The van der Waals surface area contributed by atoms with Crippen molar-refractivity contribution >= 4 is 31.8 Å².